The zero-order valence-corrected chi connectivity index (χ0v) is 14.0. The molecule has 0 aliphatic carbocycles. The summed E-state index contributed by atoms with van der Waals surface area (Å²) < 4.78 is 28.8. The molecule has 100 valence electrons. The van der Waals surface area contributed by atoms with Crippen molar-refractivity contribution in [3.05, 3.63) is 66.0 Å². The van der Waals surface area contributed by atoms with E-state index in [1.165, 1.54) is 0 Å². The minimum Gasteiger partial charge on any atom is -0.205 e. The highest BCUT2D eigenvalue weighted by molar-refractivity contribution is 9.10. The van der Waals surface area contributed by atoms with Crippen molar-refractivity contribution < 1.29 is 8.78 Å². The standard InChI is InChI=1S/C13H6Br2Cl2F2/c14-8-3-1-6(12(18)10(8)16)5-7-2-4-9(15)11(17)13(7)19/h1-4H,5H2. The first-order chi connectivity index (χ1) is 8.91. The van der Waals surface area contributed by atoms with E-state index in [4.69, 9.17) is 23.2 Å². The van der Waals surface area contributed by atoms with E-state index in [0.29, 0.717) is 20.1 Å². The van der Waals surface area contributed by atoms with Crippen molar-refractivity contribution >= 4 is 55.1 Å². The van der Waals surface area contributed by atoms with Gasteiger partial charge >= 0.3 is 0 Å². The van der Waals surface area contributed by atoms with Gasteiger partial charge in [0.2, 0.25) is 0 Å². The molecule has 0 saturated heterocycles. The van der Waals surface area contributed by atoms with Gasteiger partial charge in [-0.15, -0.1) is 0 Å². The highest BCUT2D eigenvalue weighted by atomic mass is 79.9. The number of rotatable bonds is 2. The molecule has 0 saturated carbocycles. The topological polar surface area (TPSA) is 0 Å². The van der Waals surface area contributed by atoms with Gasteiger partial charge < -0.3 is 0 Å². The van der Waals surface area contributed by atoms with E-state index >= 15 is 0 Å². The van der Waals surface area contributed by atoms with Crippen molar-refractivity contribution in [2.45, 2.75) is 6.42 Å². The minimum absolute atomic E-state index is 0.0129. The van der Waals surface area contributed by atoms with Crippen molar-refractivity contribution in [1.29, 1.82) is 0 Å². The van der Waals surface area contributed by atoms with Crippen molar-refractivity contribution in [3.63, 3.8) is 0 Å². The highest BCUT2D eigenvalue weighted by Crippen LogP contribution is 2.32. The first-order valence-electron chi connectivity index (χ1n) is 5.16. The Morgan fingerprint density at radius 2 is 1.16 bits per heavy atom. The summed E-state index contributed by atoms with van der Waals surface area (Å²) >= 11 is 17.8. The van der Waals surface area contributed by atoms with Crippen molar-refractivity contribution in [2.24, 2.45) is 0 Å². The maximum atomic E-state index is 13.9. The van der Waals surface area contributed by atoms with Crippen molar-refractivity contribution in [3.8, 4) is 0 Å². The summed E-state index contributed by atoms with van der Waals surface area (Å²) in [5, 5.41) is -0.0257. The summed E-state index contributed by atoms with van der Waals surface area (Å²) in [7, 11) is 0. The van der Waals surface area contributed by atoms with Crippen LogP contribution in [-0.4, -0.2) is 0 Å². The Kier molecular flexibility index (Phi) is 4.88. The maximum Gasteiger partial charge on any atom is 0.146 e. The summed E-state index contributed by atoms with van der Waals surface area (Å²) in [4.78, 5) is 0. The second-order valence-corrected chi connectivity index (χ2v) is 6.31. The average molecular weight is 431 g/mol. The molecule has 0 amide bonds. The van der Waals surface area contributed by atoms with E-state index in [1.807, 2.05) is 0 Å². The summed E-state index contributed by atoms with van der Waals surface area (Å²) in [6, 6.07) is 6.36. The molecule has 2 aromatic rings. The Bertz CT molecular complexity index is 590. The van der Waals surface area contributed by atoms with Gasteiger partial charge in [0.05, 0.1) is 10.0 Å². The van der Waals surface area contributed by atoms with E-state index in [2.05, 4.69) is 31.9 Å². The van der Waals surface area contributed by atoms with E-state index < -0.39 is 11.6 Å². The Morgan fingerprint density at radius 3 is 1.53 bits per heavy atom. The molecule has 0 aromatic heterocycles. The monoisotopic (exact) mass is 428 g/mol. The van der Waals surface area contributed by atoms with Crippen LogP contribution in [0.3, 0.4) is 0 Å². The maximum absolute atomic E-state index is 13.9. The van der Waals surface area contributed by atoms with E-state index in [0.717, 1.165) is 0 Å². The smallest absolute Gasteiger partial charge is 0.146 e. The van der Waals surface area contributed by atoms with Crippen molar-refractivity contribution in [2.75, 3.05) is 0 Å². The Hall–Kier alpha value is -0.160. The number of hydrogen-bond donors (Lipinski definition) is 0. The largest absolute Gasteiger partial charge is 0.205 e. The van der Waals surface area contributed by atoms with Gasteiger partial charge in [-0.05, 0) is 55.1 Å². The molecular weight excluding hydrogens is 425 g/mol. The van der Waals surface area contributed by atoms with Gasteiger partial charge in [0.1, 0.15) is 11.6 Å². The van der Waals surface area contributed by atoms with Crippen LogP contribution in [0.4, 0.5) is 8.78 Å². The third kappa shape index (κ3) is 3.13. The fourth-order valence-corrected chi connectivity index (χ4v) is 2.59. The molecule has 0 radical (unpaired) electrons. The summed E-state index contributed by atoms with van der Waals surface area (Å²) in [5.74, 6) is -1.12. The summed E-state index contributed by atoms with van der Waals surface area (Å²) in [6.45, 7) is 0. The first-order valence-corrected chi connectivity index (χ1v) is 7.50. The number of hydrogen-bond acceptors (Lipinski definition) is 0. The molecule has 0 fully saturated rings. The molecule has 0 nitrogen and oxygen atoms in total. The van der Waals surface area contributed by atoms with E-state index in [9.17, 15) is 8.78 Å². The lowest BCUT2D eigenvalue weighted by molar-refractivity contribution is 0.598. The van der Waals surface area contributed by atoms with Gasteiger partial charge in [0, 0.05) is 15.4 Å². The minimum atomic E-state index is -0.561. The van der Waals surface area contributed by atoms with Crippen LogP contribution in [0.5, 0.6) is 0 Å². The molecule has 0 atom stereocenters. The molecule has 19 heavy (non-hydrogen) atoms. The lowest BCUT2D eigenvalue weighted by Gasteiger charge is -2.09. The van der Waals surface area contributed by atoms with Gasteiger partial charge in [-0.25, -0.2) is 8.78 Å². The SMILES string of the molecule is Fc1c(Cc2ccc(Br)c(Cl)c2F)ccc(Br)c1Cl. The second-order valence-electron chi connectivity index (χ2n) is 3.85. The Labute approximate surface area is 136 Å². The third-order valence-corrected chi connectivity index (χ3v) is 5.13. The fraction of sp³-hybridized carbons (Fsp3) is 0.0769. The summed E-state index contributed by atoms with van der Waals surface area (Å²) in [6.07, 6.45) is 0.0810. The van der Waals surface area contributed by atoms with Crippen LogP contribution >= 0.6 is 55.1 Å². The molecule has 0 N–H and O–H groups in total. The van der Waals surface area contributed by atoms with Crippen LogP contribution in [0.2, 0.25) is 10.0 Å². The molecule has 0 aliphatic heterocycles. The lowest BCUT2D eigenvalue weighted by atomic mass is 10.0. The van der Waals surface area contributed by atoms with Crippen LogP contribution in [0.15, 0.2) is 33.2 Å². The second kappa shape index (κ2) is 6.08. The Morgan fingerprint density at radius 1 is 0.789 bits per heavy atom. The van der Waals surface area contributed by atoms with Gasteiger partial charge in [0.15, 0.2) is 0 Å². The van der Waals surface area contributed by atoms with Gasteiger partial charge in [-0.3, -0.25) is 0 Å². The van der Waals surface area contributed by atoms with Crippen LogP contribution in [0.1, 0.15) is 11.1 Å². The van der Waals surface area contributed by atoms with Gasteiger partial charge in [-0.2, -0.15) is 0 Å². The van der Waals surface area contributed by atoms with E-state index in [-0.39, 0.29) is 16.5 Å². The zero-order chi connectivity index (χ0) is 14.2. The summed E-state index contributed by atoms with van der Waals surface area (Å²) in [5.41, 5.74) is 0.621. The highest BCUT2D eigenvalue weighted by Gasteiger charge is 2.15. The van der Waals surface area contributed by atoms with Crippen LogP contribution in [0.25, 0.3) is 0 Å². The van der Waals surface area contributed by atoms with Gasteiger partial charge in [-0.1, -0.05) is 35.3 Å². The average Bonchev–Trinajstić information content (AvgIpc) is 2.39. The molecule has 0 bridgehead atoms. The molecule has 0 aliphatic rings. The molecule has 0 spiro atoms. The first kappa shape index (κ1) is 15.2. The predicted octanol–water partition coefficient (Wildman–Crippen LogP) is 6.39. The Balaban J connectivity index is 2.43. The number of benzene rings is 2. The lowest BCUT2D eigenvalue weighted by Crippen LogP contribution is -1.98. The van der Waals surface area contributed by atoms with Crippen molar-refractivity contribution in [1.82, 2.24) is 0 Å². The fourth-order valence-electron chi connectivity index (χ4n) is 1.61. The van der Waals surface area contributed by atoms with Crippen LogP contribution < -0.4 is 0 Å². The predicted molar refractivity (Wildman–Crippen MR) is 81.0 cm³/mol. The molecule has 2 aromatic carbocycles. The molecule has 6 heteroatoms. The molecule has 2 rings (SSSR count). The molecular formula is C13H6Br2Cl2F2. The van der Waals surface area contributed by atoms with Crippen LogP contribution in [-0.2, 0) is 6.42 Å². The number of halogens is 6. The zero-order valence-electron chi connectivity index (χ0n) is 9.28. The molecule has 0 heterocycles. The third-order valence-electron chi connectivity index (χ3n) is 2.61. The normalized spacial score (nSPS) is 10.8. The van der Waals surface area contributed by atoms with E-state index in [1.54, 1.807) is 24.3 Å². The molecule has 0 unspecified atom stereocenters. The van der Waals surface area contributed by atoms with Gasteiger partial charge in [0.25, 0.3) is 0 Å². The quantitative estimate of drug-likeness (QED) is 0.484. The van der Waals surface area contributed by atoms with Crippen LogP contribution in [0, 0.1) is 11.6 Å².